The van der Waals surface area contributed by atoms with Crippen molar-refractivity contribution in [3.8, 4) is 0 Å². The summed E-state index contributed by atoms with van der Waals surface area (Å²) in [5, 5.41) is 5.51. The van der Waals surface area contributed by atoms with E-state index in [-0.39, 0.29) is 29.2 Å². The molecule has 2 fully saturated rings. The summed E-state index contributed by atoms with van der Waals surface area (Å²) in [4.78, 5) is 29.6. The van der Waals surface area contributed by atoms with Crippen molar-refractivity contribution in [2.24, 2.45) is 11.3 Å². The number of nitrogens with one attached hydrogen (secondary N) is 2. The van der Waals surface area contributed by atoms with Gasteiger partial charge in [-0.05, 0) is 42.5 Å². The van der Waals surface area contributed by atoms with Gasteiger partial charge in [-0.2, -0.15) is 4.31 Å². The molecule has 1 aliphatic heterocycles. The second-order valence-electron chi connectivity index (χ2n) is 8.18. The highest BCUT2D eigenvalue weighted by atomic mass is 32.2. The molecule has 1 aromatic carbocycles. The van der Waals surface area contributed by atoms with Gasteiger partial charge in [-0.25, -0.2) is 8.42 Å². The summed E-state index contributed by atoms with van der Waals surface area (Å²) < 4.78 is 27.7. The summed E-state index contributed by atoms with van der Waals surface area (Å²) in [7, 11) is -2.35. The molecule has 1 saturated carbocycles. The van der Waals surface area contributed by atoms with Gasteiger partial charge in [0.25, 0.3) is 0 Å². The molecule has 1 spiro atoms. The Bertz CT molecular complexity index is 1060. The Balaban J connectivity index is 1.45. The molecule has 8 nitrogen and oxygen atoms in total. The van der Waals surface area contributed by atoms with E-state index in [0.29, 0.717) is 25.8 Å². The van der Waals surface area contributed by atoms with Crippen molar-refractivity contribution in [3.05, 3.63) is 60.4 Å². The molecule has 2 N–H and O–H groups in total. The minimum absolute atomic E-state index is 0.0921. The molecule has 0 bridgehead atoms. The third kappa shape index (κ3) is 4.20. The van der Waals surface area contributed by atoms with Crippen molar-refractivity contribution in [2.45, 2.75) is 30.2 Å². The lowest BCUT2D eigenvalue weighted by molar-refractivity contribution is -0.124. The van der Waals surface area contributed by atoms with Gasteiger partial charge in [0.15, 0.2) is 0 Å². The zero-order valence-electron chi connectivity index (χ0n) is 17.3. The predicted molar refractivity (Wildman–Crippen MR) is 114 cm³/mol. The van der Waals surface area contributed by atoms with Gasteiger partial charge in [-0.3, -0.25) is 14.6 Å². The first kappa shape index (κ1) is 21.5. The van der Waals surface area contributed by atoms with Crippen molar-refractivity contribution in [3.63, 3.8) is 0 Å². The smallest absolute Gasteiger partial charge is 0.243 e. The topological polar surface area (TPSA) is 108 Å². The Morgan fingerprint density at radius 1 is 1.10 bits per heavy atom. The molecule has 2 heterocycles. The first-order valence-electron chi connectivity index (χ1n) is 10.3. The average molecular weight is 443 g/mol. The van der Waals surface area contributed by atoms with E-state index in [1.54, 1.807) is 24.4 Å². The number of rotatable bonds is 7. The van der Waals surface area contributed by atoms with Crippen LogP contribution in [0.3, 0.4) is 0 Å². The normalized spacial score (nSPS) is 25.3. The maximum atomic E-state index is 13.2. The number of carbonyl (C=O) groups excluding carboxylic acids is 2. The van der Waals surface area contributed by atoms with E-state index in [2.05, 4.69) is 15.6 Å². The van der Waals surface area contributed by atoms with Gasteiger partial charge in [0.1, 0.15) is 6.04 Å². The largest absolute Gasteiger partial charge is 0.358 e. The van der Waals surface area contributed by atoms with Crippen molar-refractivity contribution in [1.82, 2.24) is 19.9 Å². The first-order valence-corrected chi connectivity index (χ1v) is 11.8. The predicted octanol–water partition coefficient (Wildman–Crippen LogP) is 0.956. The molecule has 9 heteroatoms. The molecule has 3 atom stereocenters. The molecule has 0 unspecified atom stereocenters. The number of pyridine rings is 1. The molecule has 164 valence electrons. The maximum Gasteiger partial charge on any atom is 0.243 e. The number of hydrogen-bond donors (Lipinski definition) is 2. The number of aromatic nitrogens is 1. The molecule has 1 saturated heterocycles. The Morgan fingerprint density at radius 2 is 1.84 bits per heavy atom. The number of sulfonamides is 1. The highest BCUT2D eigenvalue weighted by molar-refractivity contribution is 7.89. The van der Waals surface area contributed by atoms with Crippen LogP contribution in [0.25, 0.3) is 0 Å². The van der Waals surface area contributed by atoms with E-state index in [0.717, 1.165) is 5.69 Å². The van der Waals surface area contributed by atoms with Gasteiger partial charge in [-0.15, -0.1) is 0 Å². The fraction of sp³-hybridized carbons (Fsp3) is 0.409. The first-order chi connectivity index (χ1) is 14.9. The highest BCUT2D eigenvalue weighted by Gasteiger charge is 2.65. The third-order valence-corrected chi connectivity index (χ3v) is 8.10. The highest BCUT2D eigenvalue weighted by Crippen LogP contribution is 2.60. The molecule has 0 radical (unpaired) electrons. The van der Waals surface area contributed by atoms with Crippen LogP contribution in [0.5, 0.6) is 0 Å². The SMILES string of the molecule is CNC(=O)[C@@H]1C[C@@]2(C[C@@H]2C(=O)NCCc2ccccn2)CN1S(=O)(=O)c1ccccc1. The van der Waals surface area contributed by atoms with E-state index in [4.69, 9.17) is 0 Å². The van der Waals surface area contributed by atoms with Crippen LogP contribution in [0.2, 0.25) is 0 Å². The molecule has 2 amide bonds. The number of carbonyl (C=O) groups is 2. The second-order valence-corrected chi connectivity index (χ2v) is 10.1. The second kappa shape index (κ2) is 8.39. The molecule has 2 aromatic rings. The van der Waals surface area contributed by atoms with E-state index in [1.807, 2.05) is 18.2 Å². The lowest BCUT2D eigenvalue weighted by Gasteiger charge is -2.22. The van der Waals surface area contributed by atoms with Gasteiger partial charge >= 0.3 is 0 Å². The molecular formula is C22H26N4O4S. The van der Waals surface area contributed by atoms with Crippen LogP contribution in [0.15, 0.2) is 59.6 Å². The van der Waals surface area contributed by atoms with Gasteiger partial charge in [0.05, 0.1) is 4.90 Å². The molecule has 1 aromatic heterocycles. The molecule has 2 aliphatic rings. The molecular weight excluding hydrogens is 416 g/mol. The zero-order chi connectivity index (χ0) is 22.1. The lowest BCUT2D eigenvalue weighted by Crippen LogP contribution is -2.44. The quantitative estimate of drug-likeness (QED) is 0.664. The number of nitrogens with zero attached hydrogens (tertiary/aromatic N) is 2. The maximum absolute atomic E-state index is 13.2. The van der Waals surface area contributed by atoms with Crippen LogP contribution in [0, 0.1) is 11.3 Å². The lowest BCUT2D eigenvalue weighted by atomic mass is 9.99. The van der Waals surface area contributed by atoms with Crippen LogP contribution >= 0.6 is 0 Å². The summed E-state index contributed by atoms with van der Waals surface area (Å²) in [6, 6.07) is 12.9. The fourth-order valence-electron chi connectivity index (χ4n) is 4.44. The summed E-state index contributed by atoms with van der Waals surface area (Å²) in [6.07, 6.45) is 3.27. The zero-order valence-corrected chi connectivity index (χ0v) is 18.1. The van der Waals surface area contributed by atoms with Crippen molar-refractivity contribution < 1.29 is 18.0 Å². The minimum Gasteiger partial charge on any atom is -0.358 e. The Hall–Kier alpha value is -2.78. The fourth-order valence-corrected chi connectivity index (χ4v) is 6.15. The minimum atomic E-state index is -3.84. The van der Waals surface area contributed by atoms with Crippen LogP contribution < -0.4 is 10.6 Å². The summed E-state index contributed by atoms with van der Waals surface area (Å²) >= 11 is 0. The standard InChI is InChI=1S/C22H26N4O4S/c1-23-21(28)19-14-22(15-26(19)31(29,30)17-8-3-2-4-9-17)13-18(22)20(27)25-12-10-16-7-5-6-11-24-16/h2-9,11,18-19H,10,12-15H2,1H3,(H,23,28)(H,25,27)/t18-,19+,22+/m1/s1. The summed E-state index contributed by atoms with van der Waals surface area (Å²) in [6.45, 7) is 0.633. The third-order valence-electron chi connectivity index (χ3n) is 6.23. The van der Waals surface area contributed by atoms with Gasteiger partial charge < -0.3 is 10.6 Å². The van der Waals surface area contributed by atoms with Crippen LogP contribution in [-0.4, -0.2) is 55.7 Å². The van der Waals surface area contributed by atoms with Crippen LogP contribution in [0.1, 0.15) is 18.5 Å². The van der Waals surface area contributed by atoms with E-state index in [9.17, 15) is 18.0 Å². The molecule has 31 heavy (non-hydrogen) atoms. The van der Waals surface area contributed by atoms with E-state index < -0.39 is 21.5 Å². The number of benzene rings is 1. The Morgan fingerprint density at radius 3 is 2.52 bits per heavy atom. The monoisotopic (exact) mass is 442 g/mol. The van der Waals surface area contributed by atoms with Crippen LogP contribution in [0.4, 0.5) is 0 Å². The van der Waals surface area contributed by atoms with Gasteiger partial charge in [0.2, 0.25) is 21.8 Å². The number of likely N-dealkylation sites (N-methyl/N-ethyl adjacent to an activating group) is 1. The Kier molecular flexibility index (Phi) is 5.81. The van der Waals surface area contributed by atoms with E-state index >= 15 is 0 Å². The van der Waals surface area contributed by atoms with Crippen LogP contribution in [-0.2, 0) is 26.0 Å². The van der Waals surface area contributed by atoms with Gasteiger partial charge in [0, 0.05) is 44.4 Å². The van der Waals surface area contributed by atoms with Crippen molar-refractivity contribution in [1.29, 1.82) is 0 Å². The summed E-state index contributed by atoms with van der Waals surface area (Å²) in [5.41, 5.74) is 0.405. The van der Waals surface area contributed by atoms with Gasteiger partial charge in [-0.1, -0.05) is 24.3 Å². The summed E-state index contributed by atoms with van der Waals surface area (Å²) in [5.74, 6) is -0.734. The molecule has 1 aliphatic carbocycles. The molecule has 4 rings (SSSR count). The number of amides is 2. The van der Waals surface area contributed by atoms with Crippen molar-refractivity contribution >= 4 is 21.8 Å². The number of hydrogen-bond acceptors (Lipinski definition) is 5. The van der Waals surface area contributed by atoms with E-state index in [1.165, 1.54) is 23.5 Å². The Labute approximate surface area is 182 Å². The average Bonchev–Trinajstić information content (AvgIpc) is 3.35. The van der Waals surface area contributed by atoms with Crippen molar-refractivity contribution in [2.75, 3.05) is 20.1 Å².